The molecule has 1 radical (unpaired) electrons. The largest absolute Gasteiger partial charge is 0.258 e. The van der Waals surface area contributed by atoms with Crippen molar-refractivity contribution in [2.45, 2.75) is 13.3 Å². The van der Waals surface area contributed by atoms with Gasteiger partial charge < -0.3 is 0 Å². The summed E-state index contributed by atoms with van der Waals surface area (Å²) in [4.78, 5) is 13.0. The number of aliphatic imine (C=N–C) groups is 1. The second-order valence-electron chi connectivity index (χ2n) is 7.89. The van der Waals surface area contributed by atoms with Crippen LogP contribution in [0.15, 0.2) is 72.1 Å². The Labute approximate surface area is 209 Å². The number of fused-ring (bicyclic) bond motifs is 1. The molecule has 13 heteroatoms. The van der Waals surface area contributed by atoms with Gasteiger partial charge in [0.1, 0.15) is 6.33 Å². The molecule has 4 aromatic rings. The molecule has 0 aliphatic carbocycles. The SMILES string of the molecule is [CH2]C(CC)=Nc1ccc(-n2ncc3c(N(c4ccccc4)N(S(C)(=O)=O)S(C)(=O)=O)ncnc32)cc1. The van der Waals surface area contributed by atoms with Crippen LogP contribution in [0.3, 0.4) is 0 Å². The molecule has 4 rings (SSSR count). The number of hydrogen-bond acceptors (Lipinski definition) is 9. The Hall–Kier alpha value is -3.68. The van der Waals surface area contributed by atoms with Crippen molar-refractivity contribution in [3.8, 4) is 5.69 Å². The van der Waals surface area contributed by atoms with Crippen LogP contribution in [-0.2, 0) is 20.0 Å². The van der Waals surface area contributed by atoms with Gasteiger partial charge in [-0.3, -0.25) is 4.99 Å². The number of anilines is 2. The van der Waals surface area contributed by atoms with E-state index in [9.17, 15) is 16.8 Å². The lowest BCUT2D eigenvalue weighted by atomic mass is 10.2. The standard InChI is InChI=1S/C23H24N7O4S2/c1-5-17(2)27-18-11-13-19(14-12-18)28-22-21(15-26-28)23(25-16-24-22)29(20-9-7-6-8-10-20)30(35(3,31)32)36(4,33)34/h6-16H,2,5H2,1,3-4H3. The van der Waals surface area contributed by atoms with Crippen molar-refractivity contribution >= 4 is 54.0 Å². The topological polar surface area (TPSA) is 131 Å². The molecule has 2 heterocycles. The molecule has 36 heavy (non-hydrogen) atoms. The Kier molecular flexibility index (Phi) is 6.89. The predicted molar refractivity (Wildman–Crippen MR) is 140 cm³/mol. The molecule has 0 saturated carbocycles. The van der Waals surface area contributed by atoms with Gasteiger partial charge in [0.05, 0.1) is 41.2 Å². The molecule has 0 aliphatic heterocycles. The first kappa shape index (κ1) is 25.4. The summed E-state index contributed by atoms with van der Waals surface area (Å²) in [7, 11) is -8.57. The van der Waals surface area contributed by atoms with Crippen LogP contribution >= 0.6 is 0 Å². The van der Waals surface area contributed by atoms with Gasteiger partial charge in [-0.1, -0.05) is 25.1 Å². The van der Waals surface area contributed by atoms with E-state index < -0.39 is 20.0 Å². The van der Waals surface area contributed by atoms with E-state index in [4.69, 9.17) is 0 Å². The van der Waals surface area contributed by atoms with Crippen LogP contribution in [0.4, 0.5) is 17.2 Å². The van der Waals surface area contributed by atoms with Crippen LogP contribution in [-0.4, -0.2) is 58.6 Å². The van der Waals surface area contributed by atoms with Gasteiger partial charge in [0.25, 0.3) is 0 Å². The number of nitrogens with zero attached hydrogens (tertiary/aromatic N) is 7. The molecule has 0 spiro atoms. The monoisotopic (exact) mass is 526 g/mol. The Bertz CT molecular complexity index is 1600. The zero-order valence-electron chi connectivity index (χ0n) is 19.8. The molecular formula is C23H24N7O4S2. The number of aromatic nitrogens is 4. The Morgan fingerprint density at radius 1 is 0.972 bits per heavy atom. The molecule has 0 unspecified atom stereocenters. The summed E-state index contributed by atoms with van der Waals surface area (Å²) in [6, 6.07) is 15.5. The highest BCUT2D eigenvalue weighted by atomic mass is 32.3. The van der Waals surface area contributed by atoms with E-state index in [0.717, 1.165) is 35.3 Å². The van der Waals surface area contributed by atoms with Gasteiger partial charge in [0, 0.05) is 9.53 Å². The predicted octanol–water partition coefficient (Wildman–Crippen LogP) is 3.41. The average Bonchev–Trinajstić information content (AvgIpc) is 3.26. The molecule has 0 atom stereocenters. The minimum absolute atomic E-state index is 0.0270. The second-order valence-corrected chi connectivity index (χ2v) is 11.7. The first-order chi connectivity index (χ1) is 17.0. The molecule has 0 fully saturated rings. The van der Waals surface area contributed by atoms with Crippen molar-refractivity contribution < 1.29 is 16.8 Å². The van der Waals surface area contributed by atoms with E-state index in [1.54, 1.807) is 35.0 Å². The van der Waals surface area contributed by atoms with Crippen molar-refractivity contribution in [1.82, 2.24) is 23.6 Å². The minimum atomic E-state index is -4.28. The normalized spacial score (nSPS) is 12.9. The third kappa shape index (κ3) is 5.12. The quantitative estimate of drug-likeness (QED) is 0.252. The van der Waals surface area contributed by atoms with Gasteiger partial charge >= 0.3 is 0 Å². The summed E-state index contributed by atoms with van der Waals surface area (Å²) < 4.78 is 52.6. The Morgan fingerprint density at radius 2 is 1.61 bits per heavy atom. The van der Waals surface area contributed by atoms with E-state index >= 15 is 0 Å². The van der Waals surface area contributed by atoms with E-state index in [-0.39, 0.29) is 11.5 Å². The number of benzene rings is 2. The zero-order chi connectivity index (χ0) is 26.1. The first-order valence-corrected chi connectivity index (χ1v) is 14.4. The lowest BCUT2D eigenvalue weighted by Crippen LogP contribution is -2.47. The smallest absolute Gasteiger partial charge is 0.242 e. The number of para-hydroxylation sites is 1. The molecule has 0 aliphatic rings. The minimum Gasteiger partial charge on any atom is -0.258 e. The molecule has 0 amide bonds. The van der Waals surface area contributed by atoms with Gasteiger partial charge in [-0.2, -0.15) is 5.10 Å². The van der Waals surface area contributed by atoms with Crippen LogP contribution < -0.4 is 5.01 Å². The van der Waals surface area contributed by atoms with E-state index in [2.05, 4.69) is 27.0 Å². The molecular weight excluding hydrogens is 502 g/mol. The van der Waals surface area contributed by atoms with Crippen LogP contribution in [0.1, 0.15) is 13.3 Å². The zero-order valence-corrected chi connectivity index (χ0v) is 21.5. The number of hydrogen-bond donors (Lipinski definition) is 0. The molecule has 187 valence electrons. The van der Waals surface area contributed by atoms with Crippen molar-refractivity contribution in [1.29, 1.82) is 0 Å². The van der Waals surface area contributed by atoms with Crippen molar-refractivity contribution in [2.75, 3.05) is 17.5 Å². The first-order valence-electron chi connectivity index (χ1n) is 10.7. The van der Waals surface area contributed by atoms with E-state index in [0.29, 0.717) is 20.5 Å². The van der Waals surface area contributed by atoms with Crippen molar-refractivity contribution in [3.63, 3.8) is 0 Å². The van der Waals surface area contributed by atoms with Crippen molar-refractivity contribution in [2.24, 2.45) is 4.99 Å². The molecule has 2 aromatic carbocycles. The highest BCUT2D eigenvalue weighted by Gasteiger charge is 2.37. The molecule has 2 aromatic heterocycles. The third-order valence-electron chi connectivity index (χ3n) is 5.07. The average molecular weight is 527 g/mol. The number of sulfonamides is 2. The van der Waals surface area contributed by atoms with Gasteiger partial charge in [0.2, 0.25) is 20.0 Å². The summed E-state index contributed by atoms with van der Waals surface area (Å²) in [5.74, 6) is 0.0270. The summed E-state index contributed by atoms with van der Waals surface area (Å²) in [5, 5.41) is 5.78. The van der Waals surface area contributed by atoms with Crippen LogP contribution in [0.2, 0.25) is 0 Å². The summed E-state index contributed by atoms with van der Waals surface area (Å²) in [6.45, 7) is 5.86. The highest BCUT2D eigenvalue weighted by Crippen LogP contribution is 2.34. The number of rotatable bonds is 8. The van der Waals surface area contributed by atoms with Gasteiger partial charge in [-0.25, -0.2) is 36.5 Å². The maximum Gasteiger partial charge on any atom is 0.242 e. The number of hydrazine groups is 1. The van der Waals surface area contributed by atoms with Crippen LogP contribution in [0, 0.1) is 6.92 Å². The van der Waals surface area contributed by atoms with Crippen LogP contribution in [0.25, 0.3) is 16.7 Å². The Balaban J connectivity index is 1.90. The van der Waals surface area contributed by atoms with E-state index in [1.165, 1.54) is 12.5 Å². The second kappa shape index (κ2) is 9.76. The summed E-state index contributed by atoms with van der Waals surface area (Å²) in [6.07, 6.45) is 5.04. The maximum absolute atomic E-state index is 12.7. The molecule has 0 bridgehead atoms. The van der Waals surface area contributed by atoms with E-state index in [1.807, 2.05) is 31.2 Å². The molecule has 0 N–H and O–H groups in total. The highest BCUT2D eigenvalue weighted by molar-refractivity contribution is 8.03. The maximum atomic E-state index is 12.7. The fourth-order valence-electron chi connectivity index (χ4n) is 3.53. The van der Waals surface area contributed by atoms with Gasteiger partial charge in [0.15, 0.2) is 11.5 Å². The fourth-order valence-corrected chi connectivity index (χ4v) is 6.43. The van der Waals surface area contributed by atoms with Gasteiger partial charge in [-0.15, -0.1) is 0 Å². The summed E-state index contributed by atoms with van der Waals surface area (Å²) >= 11 is 0. The summed E-state index contributed by atoms with van der Waals surface area (Å²) in [5.41, 5.74) is 2.79. The van der Waals surface area contributed by atoms with Crippen LogP contribution in [0.5, 0.6) is 0 Å². The van der Waals surface area contributed by atoms with Gasteiger partial charge in [-0.05, 0) is 49.7 Å². The molecule has 11 nitrogen and oxygen atoms in total. The lowest BCUT2D eigenvalue weighted by molar-refractivity contribution is 0.507. The fraction of sp³-hybridized carbons (Fsp3) is 0.174. The lowest BCUT2D eigenvalue weighted by Gasteiger charge is -2.31. The Morgan fingerprint density at radius 3 is 2.19 bits per heavy atom. The third-order valence-corrected chi connectivity index (χ3v) is 8.15. The van der Waals surface area contributed by atoms with Crippen molar-refractivity contribution in [3.05, 3.63) is 74.0 Å². The molecule has 0 saturated heterocycles.